The first-order chi connectivity index (χ1) is 8.25. The van der Waals surface area contributed by atoms with Crippen molar-refractivity contribution in [2.45, 2.75) is 0 Å². The second-order valence-corrected chi connectivity index (χ2v) is 4.08. The first-order valence-corrected chi connectivity index (χ1v) is 5.67. The molecule has 2 rings (SSSR count). The van der Waals surface area contributed by atoms with Gasteiger partial charge in [-0.2, -0.15) is 5.43 Å². The summed E-state index contributed by atoms with van der Waals surface area (Å²) < 4.78 is 0. The van der Waals surface area contributed by atoms with Crippen molar-refractivity contribution in [1.82, 2.24) is 10.7 Å². The van der Waals surface area contributed by atoms with Crippen molar-refractivity contribution >= 4 is 17.9 Å². The molecule has 0 aromatic heterocycles. The van der Waals surface area contributed by atoms with E-state index in [0.717, 1.165) is 24.6 Å². The van der Waals surface area contributed by atoms with Crippen molar-refractivity contribution in [3.05, 3.63) is 29.8 Å². The Bertz CT molecular complexity index is 419. The van der Waals surface area contributed by atoms with Crippen LogP contribution in [0.4, 0.5) is 5.69 Å². The third kappa shape index (κ3) is 3.21. The number of rotatable bonds is 3. The molecule has 17 heavy (non-hydrogen) atoms. The first-order valence-electron chi connectivity index (χ1n) is 5.67. The minimum Gasteiger partial charge on any atom is -0.378 e. The molecule has 0 aliphatic carbocycles. The van der Waals surface area contributed by atoms with Crippen LogP contribution in [0, 0.1) is 0 Å². The molecule has 0 saturated heterocycles. The van der Waals surface area contributed by atoms with E-state index in [2.05, 4.69) is 37.9 Å². The van der Waals surface area contributed by atoms with Crippen molar-refractivity contribution in [2.24, 2.45) is 5.10 Å². The standard InChI is InChI=1S/C12H17N5/c1-17(2)11-5-3-10(4-6-11)9-15-16-12-13-7-8-14-12/h3-6,9H,7-8H2,1-2H3,(H2,13,14,16)/p+1/b15-9+. The van der Waals surface area contributed by atoms with Crippen LogP contribution in [0.1, 0.15) is 5.56 Å². The van der Waals surface area contributed by atoms with Gasteiger partial charge in [-0.05, 0) is 17.7 Å². The maximum absolute atomic E-state index is 4.15. The topological polar surface area (TPSA) is 53.6 Å². The summed E-state index contributed by atoms with van der Waals surface area (Å²) in [6.45, 7) is 1.88. The number of benzene rings is 1. The zero-order chi connectivity index (χ0) is 12.1. The Morgan fingerprint density at radius 2 is 2.12 bits per heavy atom. The Hall–Kier alpha value is -2.04. The molecule has 1 aliphatic rings. The number of anilines is 1. The highest BCUT2D eigenvalue weighted by molar-refractivity contribution is 5.82. The summed E-state index contributed by atoms with van der Waals surface area (Å²) in [5.74, 6) is 0.867. The lowest BCUT2D eigenvalue weighted by Crippen LogP contribution is -2.73. The number of hydrogen-bond donors (Lipinski definition) is 3. The van der Waals surface area contributed by atoms with E-state index in [9.17, 15) is 0 Å². The molecule has 1 heterocycles. The molecule has 0 saturated carbocycles. The summed E-state index contributed by atoms with van der Waals surface area (Å²) in [6.07, 6.45) is 1.80. The van der Waals surface area contributed by atoms with Crippen LogP contribution in [0.3, 0.4) is 0 Å². The summed E-state index contributed by atoms with van der Waals surface area (Å²) in [5.41, 5.74) is 5.18. The van der Waals surface area contributed by atoms with Crippen LogP contribution in [0.2, 0.25) is 0 Å². The van der Waals surface area contributed by atoms with Gasteiger partial charge in [0.1, 0.15) is 0 Å². The van der Waals surface area contributed by atoms with Crippen LogP contribution in [-0.2, 0) is 0 Å². The Balaban J connectivity index is 1.91. The van der Waals surface area contributed by atoms with Crippen molar-refractivity contribution in [3.63, 3.8) is 0 Å². The first kappa shape index (κ1) is 11.4. The molecule has 5 heteroatoms. The molecule has 0 unspecified atom stereocenters. The van der Waals surface area contributed by atoms with Gasteiger partial charge in [0.25, 0.3) is 0 Å². The van der Waals surface area contributed by atoms with Gasteiger partial charge in [0.2, 0.25) is 0 Å². The van der Waals surface area contributed by atoms with Gasteiger partial charge in [-0.25, -0.2) is 0 Å². The van der Waals surface area contributed by atoms with E-state index in [1.54, 1.807) is 6.21 Å². The van der Waals surface area contributed by atoms with Crippen molar-refractivity contribution in [1.29, 1.82) is 0 Å². The zero-order valence-electron chi connectivity index (χ0n) is 10.2. The normalized spacial score (nSPS) is 14.6. The summed E-state index contributed by atoms with van der Waals surface area (Å²) in [4.78, 5) is 5.21. The van der Waals surface area contributed by atoms with Crippen LogP contribution < -0.4 is 20.6 Å². The summed E-state index contributed by atoms with van der Waals surface area (Å²) >= 11 is 0. The van der Waals surface area contributed by atoms with Gasteiger partial charge in [-0.3, -0.25) is 10.3 Å². The van der Waals surface area contributed by atoms with E-state index in [4.69, 9.17) is 0 Å². The molecule has 3 N–H and O–H groups in total. The fourth-order valence-corrected chi connectivity index (χ4v) is 1.55. The highest BCUT2D eigenvalue weighted by Gasteiger charge is 2.08. The molecule has 90 valence electrons. The van der Waals surface area contributed by atoms with Crippen molar-refractivity contribution in [2.75, 3.05) is 32.1 Å². The molecule has 0 atom stereocenters. The summed E-state index contributed by atoms with van der Waals surface area (Å²) in [6, 6.07) is 8.22. The lowest BCUT2D eigenvalue weighted by atomic mass is 10.2. The van der Waals surface area contributed by atoms with E-state index in [0.29, 0.717) is 0 Å². The fourth-order valence-electron chi connectivity index (χ4n) is 1.55. The van der Waals surface area contributed by atoms with E-state index < -0.39 is 0 Å². The Kier molecular flexibility index (Phi) is 3.59. The summed E-state index contributed by atoms with van der Waals surface area (Å²) in [7, 11) is 4.05. The van der Waals surface area contributed by atoms with Crippen LogP contribution in [-0.4, -0.2) is 39.4 Å². The number of nitrogens with one attached hydrogen (secondary N) is 3. The Morgan fingerprint density at radius 3 is 2.71 bits per heavy atom. The number of nitrogens with zero attached hydrogens (tertiary/aromatic N) is 2. The Morgan fingerprint density at radius 1 is 1.35 bits per heavy atom. The molecule has 0 radical (unpaired) electrons. The van der Waals surface area contributed by atoms with E-state index in [1.807, 2.05) is 26.2 Å². The summed E-state index contributed by atoms with van der Waals surface area (Å²) in [5, 5.41) is 7.29. The maximum Gasteiger partial charge on any atom is 0.367 e. The molecule has 0 amide bonds. The molecular weight excluding hydrogens is 214 g/mol. The second kappa shape index (κ2) is 5.34. The maximum atomic E-state index is 4.15. The minimum absolute atomic E-state index is 0.867. The van der Waals surface area contributed by atoms with Crippen LogP contribution in [0.15, 0.2) is 29.4 Å². The zero-order valence-corrected chi connectivity index (χ0v) is 10.2. The quantitative estimate of drug-likeness (QED) is 0.449. The van der Waals surface area contributed by atoms with Crippen LogP contribution in [0.25, 0.3) is 0 Å². The lowest BCUT2D eigenvalue weighted by molar-refractivity contribution is -0.446. The van der Waals surface area contributed by atoms with E-state index >= 15 is 0 Å². The van der Waals surface area contributed by atoms with E-state index in [1.165, 1.54) is 5.69 Å². The van der Waals surface area contributed by atoms with Crippen LogP contribution >= 0.6 is 0 Å². The van der Waals surface area contributed by atoms with Crippen molar-refractivity contribution < 1.29 is 4.99 Å². The van der Waals surface area contributed by atoms with Crippen LogP contribution in [0.5, 0.6) is 0 Å². The smallest absolute Gasteiger partial charge is 0.367 e. The molecule has 1 aromatic carbocycles. The van der Waals surface area contributed by atoms with E-state index in [-0.39, 0.29) is 0 Å². The van der Waals surface area contributed by atoms with Gasteiger partial charge >= 0.3 is 5.96 Å². The number of hydrogen-bond acceptors (Lipinski definition) is 4. The molecule has 5 nitrogen and oxygen atoms in total. The molecule has 1 aromatic rings. The van der Waals surface area contributed by atoms with Crippen molar-refractivity contribution in [3.8, 4) is 0 Å². The SMILES string of the molecule is CN(C)c1ccc(/C=N/NC2=[NH+]CCN2)cc1. The van der Waals surface area contributed by atoms with Gasteiger partial charge in [0.05, 0.1) is 19.3 Å². The van der Waals surface area contributed by atoms with Gasteiger partial charge in [0.15, 0.2) is 0 Å². The predicted molar refractivity (Wildman–Crippen MR) is 70.3 cm³/mol. The third-order valence-corrected chi connectivity index (χ3v) is 2.53. The molecule has 0 fully saturated rings. The largest absolute Gasteiger partial charge is 0.378 e. The highest BCUT2D eigenvalue weighted by atomic mass is 15.4. The molecule has 1 aliphatic heterocycles. The second-order valence-electron chi connectivity index (χ2n) is 4.08. The van der Waals surface area contributed by atoms with Gasteiger partial charge in [-0.1, -0.05) is 12.1 Å². The highest BCUT2D eigenvalue weighted by Crippen LogP contribution is 2.10. The fraction of sp³-hybridized carbons (Fsp3) is 0.333. The lowest BCUT2D eigenvalue weighted by Gasteiger charge is -2.11. The molecular formula is C12H18N5+. The number of guanidine groups is 1. The number of hydrazone groups is 1. The molecule has 0 bridgehead atoms. The Labute approximate surface area is 101 Å². The predicted octanol–water partition coefficient (Wildman–Crippen LogP) is -1.28. The average molecular weight is 232 g/mol. The van der Waals surface area contributed by atoms with Gasteiger partial charge in [-0.15, -0.1) is 5.10 Å². The van der Waals surface area contributed by atoms with Gasteiger partial charge in [0, 0.05) is 19.8 Å². The average Bonchev–Trinajstić information content (AvgIpc) is 2.83. The monoisotopic (exact) mass is 232 g/mol. The molecule has 0 spiro atoms. The third-order valence-electron chi connectivity index (χ3n) is 2.53. The minimum atomic E-state index is 0.867. The van der Waals surface area contributed by atoms with Gasteiger partial charge < -0.3 is 4.90 Å².